The lowest BCUT2D eigenvalue weighted by Crippen LogP contribution is -2.31. The largest absolute Gasteiger partial charge is 0.465 e. The molecule has 0 radical (unpaired) electrons. The van der Waals surface area contributed by atoms with Gasteiger partial charge in [0.2, 0.25) is 0 Å². The van der Waals surface area contributed by atoms with Gasteiger partial charge in [0.15, 0.2) is 0 Å². The lowest BCUT2D eigenvalue weighted by molar-refractivity contribution is 0.0600. The highest BCUT2D eigenvalue weighted by atomic mass is 35.5. The van der Waals surface area contributed by atoms with Crippen LogP contribution in [0.3, 0.4) is 0 Å². The number of rotatable bonds is 4. The SMILES string of the molecule is CCN(C(=O)c1ccccc1)c1cc(C(=O)OC)cc2cc(Cl)cc(Cl)c12. The summed E-state index contributed by atoms with van der Waals surface area (Å²) in [5, 5.41) is 2.16. The Hall–Kier alpha value is -2.56. The zero-order chi connectivity index (χ0) is 19.6. The van der Waals surface area contributed by atoms with Crippen molar-refractivity contribution in [2.24, 2.45) is 0 Å². The summed E-state index contributed by atoms with van der Waals surface area (Å²) >= 11 is 12.6. The minimum absolute atomic E-state index is 0.188. The molecule has 3 rings (SSSR count). The van der Waals surface area contributed by atoms with Crippen LogP contribution in [0.2, 0.25) is 10.0 Å². The second-order valence-electron chi connectivity index (χ2n) is 5.89. The Balaban J connectivity index is 2.26. The lowest BCUT2D eigenvalue weighted by Gasteiger charge is -2.24. The van der Waals surface area contributed by atoms with Crippen molar-refractivity contribution < 1.29 is 14.3 Å². The molecular formula is C21H17Cl2NO3. The van der Waals surface area contributed by atoms with Crippen LogP contribution in [-0.4, -0.2) is 25.5 Å². The zero-order valence-corrected chi connectivity index (χ0v) is 16.3. The van der Waals surface area contributed by atoms with Crippen LogP contribution in [0.1, 0.15) is 27.6 Å². The van der Waals surface area contributed by atoms with Crippen molar-refractivity contribution in [1.29, 1.82) is 0 Å². The molecule has 0 spiro atoms. The number of amides is 1. The van der Waals surface area contributed by atoms with E-state index in [1.165, 1.54) is 7.11 Å². The predicted molar refractivity (Wildman–Crippen MR) is 109 cm³/mol. The van der Waals surface area contributed by atoms with E-state index in [9.17, 15) is 9.59 Å². The molecule has 0 aliphatic carbocycles. The summed E-state index contributed by atoms with van der Waals surface area (Å²) < 4.78 is 4.85. The zero-order valence-electron chi connectivity index (χ0n) is 14.8. The third-order valence-corrected chi connectivity index (χ3v) is 4.76. The van der Waals surface area contributed by atoms with Crippen molar-refractivity contribution in [2.75, 3.05) is 18.6 Å². The Morgan fingerprint density at radius 3 is 2.33 bits per heavy atom. The summed E-state index contributed by atoms with van der Waals surface area (Å²) in [5.74, 6) is -0.690. The number of hydrogen-bond acceptors (Lipinski definition) is 3. The van der Waals surface area contributed by atoms with Crippen molar-refractivity contribution in [3.05, 3.63) is 75.8 Å². The first kappa shape index (κ1) is 19.2. The van der Waals surface area contributed by atoms with Crippen LogP contribution in [0.25, 0.3) is 10.8 Å². The molecule has 27 heavy (non-hydrogen) atoms. The van der Waals surface area contributed by atoms with E-state index < -0.39 is 5.97 Å². The Morgan fingerprint density at radius 2 is 1.70 bits per heavy atom. The summed E-state index contributed by atoms with van der Waals surface area (Å²) in [5.41, 5.74) is 1.39. The molecule has 0 saturated carbocycles. The molecule has 6 heteroatoms. The van der Waals surface area contributed by atoms with Gasteiger partial charge in [-0.2, -0.15) is 0 Å². The van der Waals surface area contributed by atoms with Crippen molar-refractivity contribution in [3.8, 4) is 0 Å². The minimum Gasteiger partial charge on any atom is -0.465 e. The fourth-order valence-corrected chi connectivity index (χ4v) is 3.62. The normalized spacial score (nSPS) is 10.7. The van der Waals surface area contributed by atoms with E-state index in [-0.39, 0.29) is 5.91 Å². The van der Waals surface area contributed by atoms with E-state index in [1.807, 2.05) is 13.0 Å². The van der Waals surface area contributed by atoms with Crippen LogP contribution in [0.15, 0.2) is 54.6 Å². The molecule has 3 aromatic rings. The molecule has 0 bridgehead atoms. The number of halogens is 2. The van der Waals surface area contributed by atoms with Gasteiger partial charge in [-0.05, 0) is 48.7 Å². The van der Waals surface area contributed by atoms with Gasteiger partial charge in [0, 0.05) is 22.5 Å². The van der Waals surface area contributed by atoms with E-state index in [2.05, 4.69) is 0 Å². The summed E-state index contributed by atoms with van der Waals surface area (Å²) in [6.45, 7) is 2.26. The van der Waals surface area contributed by atoms with E-state index in [0.717, 1.165) is 0 Å². The van der Waals surface area contributed by atoms with Gasteiger partial charge in [0.05, 0.1) is 23.4 Å². The molecule has 0 N–H and O–H groups in total. The summed E-state index contributed by atoms with van der Waals surface area (Å²) in [6.07, 6.45) is 0. The summed E-state index contributed by atoms with van der Waals surface area (Å²) in [7, 11) is 1.31. The number of nitrogens with zero attached hydrogens (tertiary/aromatic N) is 1. The third kappa shape index (κ3) is 3.77. The number of hydrogen-bond donors (Lipinski definition) is 0. The standard InChI is InChI=1S/C21H17Cl2NO3/c1-3-24(20(25)13-7-5-4-6-8-13)18-11-15(21(26)27-2)9-14-10-16(22)12-17(23)19(14)18/h4-12H,3H2,1-2H3. The van der Waals surface area contributed by atoms with Crippen LogP contribution in [0, 0.1) is 0 Å². The summed E-state index contributed by atoms with van der Waals surface area (Å²) in [6, 6.07) is 15.5. The first-order valence-corrected chi connectivity index (χ1v) is 9.10. The first-order valence-electron chi connectivity index (χ1n) is 8.34. The summed E-state index contributed by atoms with van der Waals surface area (Å²) in [4.78, 5) is 26.8. The fourth-order valence-electron chi connectivity index (χ4n) is 3.01. The van der Waals surface area contributed by atoms with E-state index in [0.29, 0.717) is 44.2 Å². The van der Waals surface area contributed by atoms with E-state index in [1.54, 1.807) is 53.4 Å². The number of ether oxygens (including phenoxy) is 1. The van der Waals surface area contributed by atoms with Gasteiger partial charge in [-0.3, -0.25) is 4.79 Å². The highest BCUT2D eigenvalue weighted by molar-refractivity contribution is 6.40. The van der Waals surface area contributed by atoms with Crippen molar-refractivity contribution in [2.45, 2.75) is 6.92 Å². The molecule has 0 unspecified atom stereocenters. The van der Waals surface area contributed by atoms with Gasteiger partial charge >= 0.3 is 5.97 Å². The van der Waals surface area contributed by atoms with Crippen LogP contribution < -0.4 is 4.90 Å². The Labute approximate surface area is 167 Å². The second-order valence-corrected chi connectivity index (χ2v) is 6.73. The maximum atomic E-state index is 13.1. The van der Waals surface area contributed by atoms with E-state index in [4.69, 9.17) is 27.9 Å². The van der Waals surface area contributed by atoms with Gasteiger partial charge in [0.1, 0.15) is 0 Å². The van der Waals surface area contributed by atoms with Crippen molar-refractivity contribution >= 4 is 51.5 Å². The second kappa shape index (κ2) is 7.99. The Bertz CT molecular complexity index is 1020. The van der Waals surface area contributed by atoms with Gasteiger partial charge in [0.25, 0.3) is 5.91 Å². The van der Waals surface area contributed by atoms with Crippen LogP contribution in [0.4, 0.5) is 5.69 Å². The monoisotopic (exact) mass is 401 g/mol. The molecule has 4 nitrogen and oxygen atoms in total. The maximum Gasteiger partial charge on any atom is 0.337 e. The van der Waals surface area contributed by atoms with E-state index >= 15 is 0 Å². The average Bonchev–Trinajstić information content (AvgIpc) is 2.67. The highest BCUT2D eigenvalue weighted by Crippen LogP contribution is 2.37. The number of esters is 1. The molecule has 3 aromatic carbocycles. The van der Waals surface area contributed by atoms with Crippen molar-refractivity contribution in [1.82, 2.24) is 0 Å². The van der Waals surface area contributed by atoms with Crippen LogP contribution in [0.5, 0.6) is 0 Å². The van der Waals surface area contributed by atoms with Gasteiger partial charge in [-0.1, -0.05) is 41.4 Å². The molecule has 0 aromatic heterocycles. The topological polar surface area (TPSA) is 46.6 Å². The molecule has 0 fully saturated rings. The molecule has 138 valence electrons. The molecule has 1 amide bonds. The van der Waals surface area contributed by atoms with Crippen LogP contribution in [-0.2, 0) is 4.74 Å². The molecule has 0 saturated heterocycles. The molecule has 0 atom stereocenters. The first-order chi connectivity index (χ1) is 13.0. The minimum atomic E-state index is -0.502. The smallest absolute Gasteiger partial charge is 0.337 e. The number of anilines is 1. The molecule has 0 heterocycles. The number of carbonyl (C=O) groups is 2. The van der Waals surface area contributed by atoms with Crippen LogP contribution >= 0.6 is 23.2 Å². The highest BCUT2D eigenvalue weighted by Gasteiger charge is 2.22. The number of benzene rings is 3. The molecule has 0 aliphatic rings. The van der Waals surface area contributed by atoms with Gasteiger partial charge < -0.3 is 9.64 Å². The fraction of sp³-hybridized carbons (Fsp3) is 0.143. The predicted octanol–water partition coefficient (Wildman–Crippen LogP) is 5.60. The number of carbonyl (C=O) groups excluding carboxylic acids is 2. The van der Waals surface area contributed by atoms with Crippen molar-refractivity contribution in [3.63, 3.8) is 0 Å². The number of methoxy groups -OCH3 is 1. The maximum absolute atomic E-state index is 13.1. The molecular weight excluding hydrogens is 385 g/mol. The Morgan fingerprint density at radius 1 is 1.00 bits per heavy atom. The quantitative estimate of drug-likeness (QED) is 0.534. The number of fused-ring (bicyclic) bond motifs is 1. The molecule has 0 aliphatic heterocycles. The Kier molecular flexibility index (Phi) is 5.68. The van der Waals surface area contributed by atoms with Gasteiger partial charge in [-0.25, -0.2) is 4.79 Å². The lowest BCUT2D eigenvalue weighted by atomic mass is 10.0. The third-order valence-electron chi connectivity index (χ3n) is 4.24. The van der Waals surface area contributed by atoms with Gasteiger partial charge in [-0.15, -0.1) is 0 Å². The average molecular weight is 402 g/mol.